The maximum absolute atomic E-state index is 12.8. The maximum Gasteiger partial charge on any atom is 0.314 e. The van der Waals surface area contributed by atoms with Gasteiger partial charge in [0.25, 0.3) is 5.91 Å². The molecule has 0 bridgehead atoms. The predicted octanol–water partition coefficient (Wildman–Crippen LogP) is 0.420. The summed E-state index contributed by atoms with van der Waals surface area (Å²) in [4.78, 5) is 40.2. The number of benzene rings is 1. The molecule has 3 heterocycles. The van der Waals surface area contributed by atoms with Gasteiger partial charge in [-0.2, -0.15) is 0 Å². The number of carboxylic acids is 1. The molecule has 2 fully saturated rings. The molecular weight excluding hydrogens is 328 g/mol. The van der Waals surface area contributed by atoms with Crippen molar-refractivity contribution in [2.24, 2.45) is 11.3 Å². The molecule has 1 aromatic carbocycles. The SMILES string of the molecule is CCN1C[C@@]2(C(=O)O)CN(C(=O)c3ccc4c(c3)OCO4)C[C@H]2C1=O. The molecule has 0 radical (unpaired) electrons. The van der Waals surface area contributed by atoms with Gasteiger partial charge in [0.1, 0.15) is 5.41 Å². The van der Waals surface area contributed by atoms with Gasteiger partial charge < -0.3 is 24.4 Å². The lowest BCUT2D eigenvalue weighted by atomic mass is 9.81. The largest absolute Gasteiger partial charge is 0.481 e. The minimum atomic E-state index is -1.22. The molecule has 4 rings (SSSR count). The van der Waals surface area contributed by atoms with Crippen LogP contribution in [0.25, 0.3) is 0 Å². The Bertz CT molecular complexity index is 778. The number of carbonyl (C=O) groups excluding carboxylic acids is 2. The first-order chi connectivity index (χ1) is 12.0. The van der Waals surface area contributed by atoms with Crippen LogP contribution in [-0.4, -0.2) is 65.7 Å². The zero-order valence-electron chi connectivity index (χ0n) is 13.7. The minimum absolute atomic E-state index is 0.0303. The fraction of sp³-hybridized carbons (Fsp3) is 0.471. The zero-order chi connectivity index (χ0) is 17.8. The third-order valence-electron chi connectivity index (χ3n) is 5.34. The summed E-state index contributed by atoms with van der Waals surface area (Å²) >= 11 is 0. The van der Waals surface area contributed by atoms with E-state index in [0.717, 1.165) is 0 Å². The highest BCUT2D eigenvalue weighted by atomic mass is 16.7. The van der Waals surface area contributed by atoms with Crippen molar-refractivity contribution in [3.63, 3.8) is 0 Å². The molecule has 1 aromatic rings. The average molecular weight is 346 g/mol. The summed E-state index contributed by atoms with van der Waals surface area (Å²) in [5.74, 6) is -1.14. The van der Waals surface area contributed by atoms with Gasteiger partial charge in [0, 0.05) is 31.7 Å². The summed E-state index contributed by atoms with van der Waals surface area (Å²) in [6.45, 7) is 2.71. The van der Waals surface area contributed by atoms with Gasteiger partial charge in [-0.25, -0.2) is 0 Å². The normalized spacial score (nSPS) is 26.9. The third kappa shape index (κ3) is 2.16. The van der Waals surface area contributed by atoms with Crippen LogP contribution in [0.1, 0.15) is 17.3 Å². The van der Waals surface area contributed by atoms with Crippen molar-refractivity contribution in [2.75, 3.05) is 33.0 Å². The highest BCUT2D eigenvalue weighted by Gasteiger charge is 2.62. The van der Waals surface area contributed by atoms with Crippen molar-refractivity contribution in [1.82, 2.24) is 9.80 Å². The molecule has 25 heavy (non-hydrogen) atoms. The van der Waals surface area contributed by atoms with Crippen molar-refractivity contribution in [1.29, 1.82) is 0 Å². The number of nitrogens with zero attached hydrogens (tertiary/aromatic N) is 2. The van der Waals surface area contributed by atoms with Crippen LogP contribution in [0.3, 0.4) is 0 Å². The van der Waals surface area contributed by atoms with Crippen molar-refractivity contribution < 1.29 is 29.0 Å². The third-order valence-corrected chi connectivity index (χ3v) is 5.34. The van der Waals surface area contributed by atoms with E-state index in [9.17, 15) is 19.5 Å². The number of fused-ring (bicyclic) bond motifs is 2. The van der Waals surface area contributed by atoms with Crippen molar-refractivity contribution >= 4 is 17.8 Å². The van der Waals surface area contributed by atoms with E-state index in [2.05, 4.69) is 0 Å². The van der Waals surface area contributed by atoms with Crippen LogP contribution in [-0.2, 0) is 9.59 Å². The summed E-state index contributed by atoms with van der Waals surface area (Å²) in [7, 11) is 0. The van der Waals surface area contributed by atoms with Gasteiger partial charge in [0.05, 0.1) is 5.92 Å². The molecular formula is C17H18N2O6. The molecule has 3 aliphatic rings. The van der Waals surface area contributed by atoms with E-state index in [1.807, 2.05) is 6.92 Å². The number of likely N-dealkylation sites (tertiary alicyclic amines) is 2. The van der Waals surface area contributed by atoms with E-state index in [1.54, 1.807) is 23.1 Å². The van der Waals surface area contributed by atoms with E-state index in [4.69, 9.17) is 9.47 Å². The Kier molecular flexibility index (Phi) is 3.38. The fourth-order valence-corrected chi connectivity index (χ4v) is 3.94. The molecule has 8 heteroatoms. The molecule has 8 nitrogen and oxygen atoms in total. The van der Waals surface area contributed by atoms with Crippen LogP contribution < -0.4 is 9.47 Å². The number of ether oxygens (including phenoxy) is 2. The van der Waals surface area contributed by atoms with E-state index in [0.29, 0.717) is 23.6 Å². The van der Waals surface area contributed by atoms with Gasteiger partial charge in [-0.1, -0.05) is 0 Å². The zero-order valence-corrected chi connectivity index (χ0v) is 13.7. The quantitative estimate of drug-likeness (QED) is 0.852. The van der Waals surface area contributed by atoms with Gasteiger partial charge in [0.2, 0.25) is 12.7 Å². The second kappa shape index (κ2) is 5.37. The highest BCUT2D eigenvalue weighted by molar-refractivity contribution is 5.98. The van der Waals surface area contributed by atoms with Crippen LogP contribution in [0.2, 0.25) is 0 Å². The second-order valence-electron chi connectivity index (χ2n) is 6.62. The van der Waals surface area contributed by atoms with Gasteiger partial charge >= 0.3 is 5.97 Å². The Labute approximate surface area is 143 Å². The lowest BCUT2D eigenvalue weighted by molar-refractivity contribution is -0.149. The molecule has 0 aromatic heterocycles. The Balaban J connectivity index is 1.60. The number of rotatable bonds is 3. The predicted molar refractivity (Wildman–Crippen MR) is 84.3 cm³/mol. The van der Waals surface area contributed by atoms with Crippen LogP contribution in [0.4, 0.5) is 0 Å². The average Bonchev–Trinajstić information content (AvgIpc) is 3.27. The van der Waals surface area contributed by atoms with E-state index >= 15 is 0 Å². The van der Waals surface area contributed by atoms with Gasteiger partial charge in [-0.15, -0.1) is 0 Å². The Morgan fingerprint density at radius 3 is 2.72 bits per heavy atom. The Hall–Kier alpha value is -2.77. The van der Waals surface area contributed by atoms with Crippen LogP contribution in [0.15, 0.2) is 18.2 Å². The first kappa shape index (κ1) is 15.7. The van der Waals surface area contributed by atoms with E-state index in [1.165, 1.54) is 4.90 Å². The lowest BCUT2D eigenvalue weighted by Crippen LogP contribution is -2.42. The number of carbonyl (C=O) groups is 3. The Morgan fingerprint density at radius 2 is 2.04 bits per heavy atom. The number of hydrogen-bond acceptors (Lipinski definition) is 5. The molecule has 2 atom stereocenters. The van der Waals surface area contributed by atoms with Gasteiger partial charge in [-0.3, -0.25) is 14.4 Å². The minimum Gasteiger partial charge on any atom is -0.481 e. The molecule has 2 amide bonds. The molecule has 0 aliphatic carbocycles. The summed E-state index contributed by atoms with van der Waals surface area (Å²) in [5, 5.41) is 9.75. The molecule has 2 saturated heterocycles. The topological polar surface area (TPSA) is 96.4 Å². The van der Waals surface area contributed by atoms with E-state index in [-0.39, 0.29) is 38.2 Å². The number of carboxylic acid groups (broad SMARTS) is 1. The summed E-state index contributed by atoms with van der Waals surface area (Å²) in [5.41, 5.74) is -0.830. The number of aliphatic carboxylic acids is 1. The monoisotopic (exact) mass is 346 g/mol. The highest BCUT2D eigenvalue weighted by Crippen LogP contribution is 2.44. The van der Waals surface area contributed by atoms with Gasteiger partial charge in [-0.05, 0) is 25.1 Å². The summed E-state index contributed by atoms with van der Waals surface area (Å²) < 4.78 is 10.5. The summed E-state index contributed by atoms with van der Waals surface area (Å²) in [6.07, 6.45) is 0. The number of hydrogen-bond donors (Lipinski definition) is 1. The molecule has 132 valence electrons. The van der Waals surface area contributed by atoms with Gasteiger partial charge in [0.15, 0.2) is 11.5 Å². The standard InChI is InChI=1S/C17H18N2O6/c1-2-18-7-17(16(22)23)8-19(6-11(17)15(18)21)14(20)10-3-4-12-13(5-10)25-9-24-12/h3-5,11H,2,6-9H2,1H3,(H,22,23)/t11-,17+/m0/s1. The lowest BCUT2D eigenvalue weighted by Gasteiger charge is -2.24. The Morgan fingerprint density at radius 1 is 1.28 bits per heavy atom. The molecule has 0 unspecified atom stereocenters. The molecule has 0 saturated carbocycles. The van der Waals surface area contributed by atoms with Crippen LogP contribution >= 0.6 is 0 Å². The van der Waals surface area contributed by atoms with Crippen molar-refractivity contribution in [3.8, 4) is 11.5 Å². The molecule has 0 spiro atoms. The fourth-order valence-electron chi connectivity index (χ4n) is 3.94. The molecule has 1 N–H and O–H groups in total. The van der Waals surface area contributed by atoms with Crippen LogP contribution in [0.5, 0.6) is 11.5 Å². The first-order valence-corrected chi connectivity index (χ1v) is 8.17. The molecule has 3 aliphatic heterocycles. The van der Waals surface area contributed by atoms with E-state index < -0.39 is 17.3 Å². The first-order valence-electron chi connectivity index (χ1n) is 8.17. The second-order valence-corrected chi connectivity index (χ2v) is 6.62. The number of amides is 2. The van der Waals surface area contributed by atoms with Crippen molar-refractivity contribution in [2.45, 2.75) is 6.92 Å². The smallest absolute Gasteiger partial charge is 0.314 e. The maximum atomic E-state index is 12.8. The van der Waals surface area contributed by atoms with Crippen LogP contribution in [0, 0.1) is 11.3 Å². The summed E-state index contributed by atoms with van der Waals surface area (Å²) in [6, 6.07) is 4.87. The van der Waals surface area contributed by atoms with Crippen molar-refractivity contribution in [3.05, 3.63) is 23.8 Å².